The van der Waals surface area contributed by atoms with Crippen molar-refractivity contribution in [1.29, 1.82) is 0 Å². The lowest BCUT2D eigenvalue weighted by atomic mass is 10.0. The fraction of sp³-hybridized carbons (Fsp3) is 0.500. The van der Waals surface area contributed by atoms with Crippen molar-refractivity contribution in [1.82, 2.24) is 9.71 Å². The van der Waals surface area contributed by atoms with Crippen molar-refractivity contribution in [2.75, 3.05) is 6.61 Å². The first-order valence-electron chi connectivity index (χ1n) is 5.04. The van der Waals surface area contributed by atoms with E-state index in [0.29, 0.717) is 6.42 Å². The van der Waals surface area contributed by atoms with E-state index in [2.05, 4.69) is 9.71 Å². The number of rotatable bonds is 5. The average Bonchev–Trinajstić information content (AvgIpc) is 2.15. The van der Waals surface area contributed by atoms with Crippen LogP contribution in [0, 0.1) is 0 Å². The summed E-state index contributed by atoms with van der Waals surface area (Å²) >= 11 is 5.74. The molecule has 7 heteroatoms. The van der Waals surface area contributed by atoms with E-state index in [-0.39, 0.29) is 16.7 Å². The average molecular weight is 279 g/mol. The van der Waals surface area contributed by atoms with Crippen LogP contribution in [0.25, 0.3) is 0 Å². The molecule has 0 aromatic carbocycles. The van der Waals surface area contributed by atoms with E-state index in [0.717, 1.165) is 0 Å². The Morgan fingerprint density at radius 2 is 2.18 bits per heavy atom. The zero-order chi connectivity index (χ0) is 13.1. The molecular formula is C10H15ClN2O3S. The summed E-state index contributed by atoms with van der Waals surface area (Å²) in [6.07, 6.45) is 1.73. The minimum Gasteiger partial charge on any atom is -0.396 e. The summed E-state index contributed by atoms with van der Waals surface area (Å²) in [4.78, 5) is 3.66. The Labute approximate surface area is 106 Å². The van der Waals surface area contributed by atoms with Gasteiger partial charge in [0.05, 0.1) is 0 Å². The molecule has 1 aromatic rings. The molecule has 2 N–H and O–H groups in total. The van der Waals surface area contributed by atoms with Gasteiger partial charge in [0, 0.05) is 18.3 Å². The molecule has 0 aliphatic rings. The maximum atomic E-state index is 12.0. The molecule has 0 spiro atoms. The third kappa shape index (κ3) is 3.92. The second-order valence-electron chi connectivity index (χ2n) is 4.26. The van der Waals surface area contributed by atoms with Crippen molar-refractivity contribution in [3.8, 4) is 0 Å². The molecule has 0 atom stereocenters. The van der Waals surface area contributed by atoms with Crippen molar-refractivity contribution < 1.29 is 13.5 Å². The maximum absolute atomic E-state index is 12.0. The monoisotopic (exact) mass is 278 g/mol. The van der Waals surface area contributed by atoms with Crippen molar-refractivity contribution in [2.24, 2.45) is 0 Å². The zero-order valence-electron chi connectivity index (χ0n) is 9.64. The van der Waals surface area contributed by atoms with Crippen LogP contribution in [-0.4, -0.2) is 30.7 Å². The van der Waals surface area contributed by atoms with E-state index in [1.54, 1.807) is 13.8 Å². The Morgan fingerprint density at radius 1 is 1.53 bits per heavy atom. The van der Waals surface area contributed by atoms with Crippen molar-refractivity contribution >= 4 is 21.6 Å². The molecule has 0 saturated carbocycles. The molecular weight excluding hydrogens is 264 g/mol. The summed E-state index contributed by atoms with van der Waals surface area (Å²) in [6, 6.07) is 2.88. The van der Waals surface area contributed by atoms with Gasteiger partial charge >= 0.3 is 0 Å². The van der Waals surface area contributed by atoms with Gasteiger partial charge in [-0.05, 0) is 32.4 Å². The van der Waals surface area contributed by atoms with E-state index in [1.807, 2.05) is 0 Å². The molecule has 17 heavy (non-hydrogen) atoms. The van der Waals surface area contributed by atoms with Crippen LogP contribution in [0.5, 0.6) is 0 Å². The van der Waals surface area contributed by atoms with Gasteiger partial charge in [-0.15, -0.1) is 0 Å². The van der Waals surface area contributed by atoms with Gasteiger partial charge in [-0.3, -0.25) is 0 Å². The first kappa shape index (κ1) is 14.4. The van der Waals surface area contributed by atoms with Crippen LogP contribution in [0.15, 0.2) is 23.2 Å². The van der Waals surface area contributed by atoms with Crippen LogP contribution in [-0.2, 0) is 10.0 Å². The molecule has 1 aromatic heterocycles. The van der Waals surface area contributed by atoms with E-state index in [1.165, 1.54) is 18.3 Å². The highest BCUT2D eigenvalue weighted by Crippen LogP contribution is 2.20. The second kappa shape index (κ2) is 5.30. The van der Waals surface area contributed by atoms with Crippen LogP contribution in [0.3, 0.4) is 0 Å². The Morgan fingerprint density at radius 3 is 2.71 bits per heavy atom. The molecule has 5 nitrogen and oxygen atoms in total. The fourth-order valence-corrected chi connectivity index (χ4v) is 3.22. The molecule has 1 heterocycles. The summed E-state index contributed by atoms with van der Waals surface area (Å²) in [5.74, 6) is 0. The minimum absolute atomic E-state index is 0.0623. The highest BCUT2D eigenvalue weighted by molar-refractivity contribution is 7.89. The molecule has 0 aliphatic heterocycles. The Hall–Kier alpha value is -0.690. The van der Waals surface area contributed by atoms with Crippen LogP contribution in [0.2, 0.25) is 5.15 Å². The molecule has 1 rings (SSSR count). The lowest BCUT2D eigenvalue weighted by Gasteiger charge is -2.25. The zero-order valence-corrected chi connectivity index (χ0v) is 11.2. The normalized spacial score (nSPS) is 12.7. The predicted octanol–water partition coefficient (Wildman–Crippen LogP) is 1.17. The van der Waals surface area contributed by atoms with Gasteiger partial charge in [0.1, 0.15) is 10.0 Å². The lowest BCUT2D eigenvalue weighted by Crippen LogP contribution is -2.44. The number of hydrogen-bond donors (Lipinski definition) is 2. The number of aliphatic hydroxyl groups is 1. The Bertz CT molecular complexity index is 488. The first-order chi connectivity index (χ1) is 7.78. The summed E-state index contributed by atoms with van der Waals surface area (Å²) < 4.78 is 26.5. The van der Waals surface area contributed by atoms with Crippen molar-refractivity contribution in [3.05, 3.63) is 23.5 Å². The van der Waals surface area contributed by atoms with Gasteiger partial charge in [0.25, 0.3) is 0 Å². The number of pyridine rings is 1. The summed E-state index contributed by atoms with van der Waals surface area (Å²) in [7, 11) is -3.73. The molecule has 96 valence electrons. The number of aliphatic hydroxyl groups excluding tert-OH is 1. The molecule has 0 bridgehead atoms. The molecule has 0 unspecified atom stereocenters. The standard InChI is InChI=1S/C10H15ClN2O3S/c1-10(2,5-7-14)13-17(15,16)8-4-3-6-12-9(8)11/h3-4,6,13-14H,5,7H2,1-2H3. The molecule has 0 saturated heterocycles. The van der Waals surface area contributed by atoms with Gasteiger partial charge in [-0.1, -0.05) is 11.6 Å². The fourth-order valence-electron chi connectivity index (χ4n) is 1.32. The van der Waals surface area contributed by atoms with E-state index in [4.69, 9.17) is 16.7 Å². The van der Waals surface area contributed by atoms with Crippen LogP contribution < -0.4 is 4.72 Å². The minimum atomic E-state index is -3.73. The summed E-state index contributed by atoms with van der Waals surface area (Å²) in [5, 5.41) is 8.78. The van der Waals surface area contributed by atoms with Gasteiger partial charge in [0.15, 0.2) is 0 Å². The van der Waals surface area contributed by atoms with Crippen molar-refractivity contribution in [2.45, 2.75) is 30.7 Å². The number of sulfonamides is 1. The second-order valence-corrected chi connectivity index (χ2v) is 6.26. The Balaban J connectivity index is 3.02. The highest BCUT2D eigenvalue weighted by Gasteiger charge is 2.27. The van der Waals surface area contributed by atoms with Gasteiger partial charge in [-0.25, -0.2) is 18.1 Å². The number of nitrogens with zero attached hydrogens (tertiary/aromatic N) is 1. The highest BCUT2D eigenvalue weighted by atomic mass is 35.5. The van der Waals surface area contributed by atoms with Gasteiger partial charge in [0.2, 0.25) is 10.0 Å². The van der Waals surface area contributed by atoms with Crippen LogP contribution >= 0.6 is 11.6 Å². The van der Waals surface area contributed by atoms with E-state index < -0.39 is 15.6 Å². The van der Waals surface area contributed by atoms with E-state index >= 15 is 0 Å². The van der Waals surface area contributed by atoms with Crippen LogP contribution in [0.4, 0.5) is 0 Å². The molecule has 0 amide bonds. The predicted molar refractivity (Wildman–Crippen MR) is 65.4 cm³/mol. The quantitative estimate of drug-likeness (QED) is 0.793. The SMILES string of the molecule is CC(C)(CCO)NS(=O)(=O)c1cccnc1Cl. The topological polar surface area (TPSA) is 79.3 Å². The maximum Gasteiger partial charge on any atom is 0.244 e. The third-order valence-corrected chi connectivity index (χ3v) is 4.30. The molecule has 0 fully saturated rings. The number of aromatic nitrogens is 1. The van der Waals surface area contributed by atoms with Crippen LogP contribution in [0.1, 0.15) is 20.3 Å². The molecule has 0 aliphatic carbocycles. The summed E-state index contributed by atoms with van der Waals surface area (Å²) in [5.41, 5.74) is -0.743. The molecule has 0 radical (unpaired) electrons. The smallest absolute Gasteiger partial charge is 0.244 e. The number of halogens is 1. The van der Waals surface area contributed by atoms with E-state index in [9.17, 15) is 8.42 Å². The number of hydrogen-bond acceptors (Lipinski definition) is 4. The first-order valence-corrected chi connectivity index (χ1v) is 6.90. The number of nitrogens with one attached hydrogen (secondary N) is 1. The van der Waals surface area contributed by atoms with Crippen molar-refractivity contribution in [3.63, 3.8) is 0 Å². The third-order valence-electron chi connectivity index (χ3n) is 2.16. The summed E-state index contributed by atoms with van der Waals surface area (Å²) in [6.45, 7) is 3.27. The lowest BCUT2D eigenvalue weighted by molar-refractivity contribution is 0.246. The Kier molecular flexibility index (Phi) is 4.48. The van der Waals surface area contributed by atoms with Gasteiger partial charge < -0.3 is 5.11 Å². The van der Waals surface area contributed by atoms with Gasteiger partial charge in [-0.2, -0.15) is 0 Å². The largest absolute Gasteiger partial charge is 0.396 e.